The number of carbonyl (C=O) groups excluding carboxylic acids is 4. The lowest BCUT2D eigenvalue weighted by Gasteiger charge is -2.15. The van der Waals surface area contributed by atoms with Crippen LogP contribution in [0.4, 0.5) is 18.9 Å². The fourth-order valence-electron chi connectivity index (χ4n) is 1.94. The Balaban J connectivity index is 2.24. The number of alkyl halides is 3. The van der Waals surface area contributed by atoms with Gasteiger partial charge in [-0.25, -0.2) is 4.79 Å². The van der Waals surface area contributed by atoms with Crippen molar-refractivity contribution in [3.63, 3.8) is 0 Å². The van der Waals surface area contributed by atoms with Gasteiger partial charge >= 0.3 is 18.1 Å². The van der Waals surface area contributed by atoms with Gasteiger partial charge in [-0.15, -0.1) is 5.06 Å². The van der Waals surface area contributed by atoms with Crippen LogP contribution in [0.25, 0.3) is 0 Å². The Hall–Kier alpha value is -3.11. The highest BCUT2D eigenvalue weighted by Crippen LogP contribution is 2.26. The zero-order chi connectivity index (χ0) is 18.8. The molecule has 1 fully saturated rings. The maximum atomic E-state index is 12.3. The minimum Gasteiger partial charge on any atom is -0.496 e. The molecule has 0 aromatic heterocycles. The Bertz CT molecular complexity index is 731. The molecule has 1 aliphatic heterocycles. The van der Waals surface area contributed by atoms with Crippen LogP contribution in [0.15, 0.2) is 18.2 Å². The minimum absolute atomic E-state index is 0.0888. The molecule has 0 atom stereocenters. The number of rotatable bonds is 4. The highest BCUT2D eigenvalue weighted by Gasteiger charge is 2.39. The summed E-state index contributed by atoms with van der Waals surface area (Å²) in [4.78, 5) is 50.6. The molecule has 0 aliphatic carbocycles. The molecule has 3 amide bonds. The summed E-state index contributed by atoms with van der Waals surface area (Å²) < 4.78 is 41.7. The quantitative estimate of drug-likeness (QED) is 0.815. The number of hydrogen-bond donors (Lipinski definition) is 1. The maximum Gasteiger partial charge on any atom is 0.471 e. The van der Waals surface area contributed by atoms with E-state index in [4.69, 9.17) is 4.74 Å². The molecular weight excluding hydrogens is 349 g/mol. The number of hydroxylamine groups is 2. The fraction of sp³-hybridized carbons (Fsp3) is 0.286. The van der Waals surface area contributed by atoms with Gasteiger partial charge in [0, 0.05) is 18.5 Å². The normalized spacial score (nSPS) is 14.5. The van der Waals surface area contributed by atoms with Gasteiger partial charge in [-0.1, -0.05) is 0 Å². The van der Waals surface area contributed by atoms with E-state index in [1.165, 1.54) is 7.11 Å². The van der Waals surface area contributed by atoms with Crippen molar-refractivity contribution < 1.29 is 41.9 Å². The van der Waals surface area contributed by atoms with Crippen molar-refractivity contribution in [2.24, 2.45) is 0 Å². The molecule has 0 spiro atoms. The smallest absolute Gasteiger partial charge is 0.471 e. The second-order valence-electron chi connectivity index (χ2n) is 4.83. The van der Waals surface area contributed by atoms with Gasteiger partial charge in [0.1, 0.15) is 11.3 Å². The molecule has 8 nitrogen and oxygen atoms in total. The van der Waals surface area contributed by atoms with E-state index in [2.05, 4.69) is 4.84 Å². The average molecular weight is 360 g/mol. The standard InChI is InChI=1S/C14H11F3N2O6/c1-24-9-3-2-7(18-13(23)14(15,16)17)6-8(9)12(22)25-19-10(20)4-5-11(19)21/h2-3,6H,4-5H2,1H3,(H,18,23). The number of halogens is 3. The predicted octanol–water partition coefficient (Wildman–Crippen LogP) is 1.42. The molecule has 1 heterocycles. The first-order valence-electron chi connectivity index (χ1n) is 6.77. The van der Waals surface area contributed by atoms with E-state index in [-0.39, 0.29) is 34.9 Å². The van der Waals surface area contributed by atoms with Gasteiger partial charge in [-0.3, -0.25) is 14.4 Å². The lowest BCUT2D eigenvalue weighted by Crippen LogP contribution is -2.32. The van der Waals surface area contributed by atoms with Crippen LogP contribution < -0.4 is 10.1 Å². The van der Waals surface area contributed by atoms with Crippen LogP contribution >= 0.6 is 0 Å². The van der Waals surface area contributed by atoms with Crippen LogP contribution in [-0.2, 0) is 19.2 Å². The third-order valence-corrected chi connectivity index (χ3v) is 3.11. The summed E-state index contributed by atoms with van der Waals surface area (Å²) in [5.41, 5.74) is -0.732. The largest absolute Gasteiger partial charge is 0.496 e. The number of anilines is 1. The monoisotopic (exact) mass is 360 g/mol. The van der Waals surface area contributed by atoms with Crippen LogP contribution in [0, 0.1) is 0 Å². The van der Waals surface area contributed by atoms with Crippen LogP contribution in [0.3, 0.4) is 0 Å². The Morgan fingerprint density at radius 3 is 2.28 bits per heavy atom. The number of nitrogens with zero attached hydrogens (tertiary/aromatic N) is 1. The Kier molecular flexibility index (Phi) is 4.95. The Morgan fingerprint density at radius 2 is 1.76 bits per heavy atom. The molecule has 0 bridgehead atoms. The van der Waals surface area contributed by atoms with Crippen molar-refractivity contribution in [2.75, 3.05) is 12.4 Å². The van der Waals surface area contributed by atoms with Gasteiger partial charge < -0.3 is 14.9 Å². The van der Waals surface area contributed by atoms with E-state index < -0.39 is 29.9 Å². The lowest BCUT2D eigenvalue weighted by molar-refractivity contribution is -0.172. The summed E-state index contributed by atoms with van der Waals surface area (Å²) in [5.74, 6) is -4.97. The zero-order valence-electron chi connectivity index (χ0n) is 12.7. The molecule has 11 heteroatoms. The Morgan fingerprint density at radius 1 is 1.16 bits per heavy atom. The predicted molar refractivity (Wildman–Crippen MR) is 74.2 cm³/mol. The van der Waals surface area contributed by atoms with Crippen molar-refractivity contribution in [3.05, 3.63) is 23.8 Å². The number of methoxy groups -OCH3 is 1. The number of carbonyl (C=O) groups is 4. The summed E-state index contributed by atoms with van der Waals surface area (Å²) in [7, 11) is 1.19. The van der Waals surface area contributed by atoms with E-state index in [0.717, 1.165) is 18.2 Å². The number of nitrogens with one attached hydrogen (secondary N) is 1. The van der Waals surface area contributed by atoms with Gasteiger partial charge in [0.2, 0.25) is 0 Å². The summed E-state index contributed by atoms with van der Waals surface area (Å²) in [6.45, 7) is 0. The molecule has 0 saturated carbocycles. The summed E-state index contributed by atoms with van der Waals surface area (Å²) in [6, 6.07) is 3.07. The second kappa shape index (κ2) is 6.79. The average Bonchev–Trinajstić information content (AvgIpc) is 2.85. The van der Waals surface area contributed by atoms with E-state index in [9.17, 15) is 32.3 Å². The maximum absolute atomic E-state index is 12.3. The highest BCUT2D eigenvalue weighted by molar-refractivity contribution is 6.03. The van der Waals surface area contributed by atoms with Crippen LogP contribution in [-0.4, -0.2) is 42.0 Å². The number of hydrogen-bond acceptors (Lipinski definition) is 6. The SMILES string of the molecule is COc1ccc(NC(=O)C(F)(F)F)cc1C(=O)ON1C(=O)CCC1=O. The zero-order valence-corrected chi connectivity index (χ0v) is 12.7. The molecule has 1 aromatic carbocycles. The molecule has 25 heavy (non-hydrogen) atoms. The highest BCUT2D eigenvalue weighted by atomic mass is 19.4. The first-order chi connectivity index (χ1) is 11.6. The van der Waals surface area contributed by atoms with Crippen molar-refractivity contribution in [1.29, 1.82) is 0 Å². The Labute approximate surface area is 138 Å². The van der Waals surface area contributed by atoms with Gasteiger partial charge in [0.25, 0.3) is 11.8 Å². The third kappa shape index (κ3) is 4.05. The van der Waals surface area contributed by atoms with Gasteiger partial charge in [0.15, 0.2) is 0 Å². The molecule has 2 rings (SSSR count). The molecule has 134 valence electrons. The summed E-state index contributed by atoms with van der Waals surface area (Å²) in [5, 5.41) is 1.85. The van der Waals surface area contributed by atoms with Crippen LogP contribution in [0.1, 0.15) is 23.2 Å². The third-order valence-electron chi connectivity index (χ3n) is 3.11. The fourth-order valence-corrected chi connectivity index (χ4v) is 1.94. The number of ether oxygens (including phenoxy) is 1. The van der Waals surface area contributed by atoms with Crippen molar-refractivity contribution in [3.8, 4) is 5.75 Å². The molecule has 1 aromatic rings. The molecular formula is C14H11F3N2O6. The van der Waals surface area contributed by atoms with Crippen molar-refractivity contribution in [1.82, 2.24) is 5.06 Å². The number of imide groups is 1. The molecule has 0 radical (unpaired) electrons. The van der Waals surface area contributed by atoms with Crippen LogP contribution in [0.2, 0.25) is 0 Å². The van der Waals surface area contributed by atoms with E-state index in [1.807, 2.05) is 0 Å². The number of amides is 3. The first kappa shape index (κ1) is 18.2. The van der Waals surface area contributed by atoms with Gasteiger partial charge in [0.05, 0.1) is 7.11 Å². The summed E-state index contributed by atoms with van der Waals surface area (Å²) in [6.07, 6.45) is -5.36. The van der Waals surface area contributed by atoms with Gasteiger partial charge in [-0.2, -0.15) is 13.2 Å². The van der Waals surface area contributed by atoms with E-state index in [1.54, 1.807) is 5.32 Å². The van der Waals surface area contributed by atoms with E-state index in [0.29, 0.717) is 0 Å². The molecule has 1 aliphatic rings. The topological polar surface area (TPSA) is 102 Å². The van der Waals surface area contributed by atoms with Crippen LogP contribution in [0.5, 0.6) is 5.75 Å². The lowest BCUT2D eigenvalue weighted by atomic mass is 10.1. The molecule has 1 saturated heterocycles. The van der Waals surface area contributed by atoms with Crippen molar-refractivity contribution >= 4 is 29.4 Å². The van der Waals surface area contributed by atoms with E-state index >= 15 is 0 Å². The summed E-state index contributed by atoms with van der Waals surface area (Å²) >= 11 is 0. The second-order valence-corrected chi connectivity index (χ2v) is 4.83. The molecule has 1 N–H and O–H groups in total. The van der Waals surface area contributed by atoms with Gasteiger partial charge in [-0.05, 0) is 18.2 Å². The number of benzene rings is 1. The first-order valence-corrected chi connectivity index (χ1v) is 6.77. The van der Waals surface area contributed by atoms with Crippen molar-refractivity contribution in [2.45, 2.75) is 19.0 Å². The minimum atomic E-state index is -5.12. The molecule has 0 unspecified atom stereocenters.